The summed E-state index contributed by atoms with van der Waals surface area (Å²) < 4.78 is 27.1. The monoisotopic (exact) mass is 453 g/mol. The molecular weight excluding hydrogens is 430 g/mol. The van der Waals surface area contributed by atoms with Crippen LogP contribution >= 0.6 is 22.9 Å². The highest BCUT2D eigenvalue weighted by atomic mass is 35.5. The Balaban J connectivity index is 1.47. The van der Waals surface area contributed by atoms with Gasteiger partial charge < -0.3 is 5.32 Å². The highest BCUT2D eigenvalue weighted by Gasteiger charge is 2.30. The van der Waals surface area contributed by atoms with E-state index in [9.17, 15) is 13.2 Å². The average Bonchev–Trinajstić information content (AvgIpc) is 3.45. The molecule has 1 amide bonds. The number of hydrogen-bond donors (Lipinski definition) is 1. The number of halogens is 1. The third-order valence-corrected chi connectivity index (χ3v) is 8.69. The number of anilines is 1. The first-order valence-electron chi connectivity index (χ1n) is 9.82. The van der Waals surface area contributed by atoms with Crippen molar-refractivity contribution in [3.8, 4) is 0 Å². The summed E-state index contributed by atoms with van der Waals surface area (Å²) in [5.41, 5.74) is 0.337. The summed E-state index contributed by atoms with van der Waals surface area (Å²) in [6.07, 6.45) is 3.84. The molecule has 0 aliphatic carbocycles. The largest absolute Gasteiger partial charge is 0.324 e. The Labute approximate surface area is 180 Å². The highest BCUT2D eigenvalue weighted by Crippen LogP contribution is 2.34. The smallest absolute Gasteiger partial charge is 0.243 e. The Morgan fingerprint density at radius 2 is 1.97 bits per heavy atom. The molecule has 6 nitrogen and oxygen atoms in total. The van der Waals surface area contributed by atoms with Crippen LogP contribution in [0.4, 0.5) is 5.69 Å². The topological polar surface area (TPSA) is 69.7 Å². The predicted molar refractivity (Wildman–Crippen MR) is 116 cm³/mol. The number of likely N-dealkylation sites (tertiary alicyclic amines) is 1. The molecule has 0 unspecified atom stereocenters. The highest BCUT2D eigenvalue weighted by molar-refractivity contribution is 7.89. The van der Waals surface area contributed by atoms with Crippen molar-refractivity contribution in [1.29, 1.82) is 0 Å². The Morgan fingerprint density at radius 1 is 1.17 bits per heavy atom. The SMILES string of the molecule is O=C(CN1CCC[C@@H]1c1cccs1)Nc1cc(S(=O)(=O)N2CCCC2)ccc1Cl. The number of sulfonamides is 1. The molecule has 2 aliphatic heterocycles. The summed E-state index contributed by atoms with van der Waals surface area (Å²) in [4.78, 5) is 16.3. The molecule has 1 N–H and O–H groups in total. The zero-order valence-electron chi connectivity index (χ0n) is 16.0. The van der Waals surface area contributed by atoms with Crippen LogP contribution in [0.15, 0.2) is 40.6 Å². The van der Waals surface area contributed by atoms with E-state index in [1.54, 1.807) is 11.3 Å². The zero-order valence-corrected chi connectivity index (χ0v) is 18.4. The minimum Gasteiger partial charge on any atom is -0.324 e. The molecule has 3 heterocycles. The van der Waals surface area contributed by atoms with Crippen molar-refractivity contribution in [2.45, 2.75) is 36.6 Å². The number of hydrogen-bond acceptors (Lipinski definition) is 5. The van der Waals surface area contributed by atoms with Crippen molar-refractivity contribution >= 4 is 44.6 Å². The maximum Gasteiger partial charge on any atom is 0.243 e. The molecule has 0 saturated carbocycles. The fourth-order valence-corrected chi connectivity index (χ4v) is 6.63. The molecule has 2 aromatic rings. The quantitative estimate of drug-likeness (QED) is 0.718. The molecule has 1 aromatic heterocycles. The number of nitrogens with zero attached hydrogens (tertiary/aromatic N) is 2. The van der Waals surface area contributed by atoms with E-state index >= 15 is 0 Å². The fraction of sp³-hybridized carbons (Fsp3) is 0.450. The summed E-state index contributed by atoms with van der Waals surface area (Å²) in [6.45, 7) is 2.19. The summed E-state index contributed by atoms with van der Waals surface area (Å²) in [5, 5.41) is 5.20. The van der Waals surface area contributed by atoms with Crippen molar-refractivity contribution in [1.82, 2.24) is 9.21 Å². The van der Waals surface area contributed by atoms with Crippen LogP contribution in [0.2, 0.25) is 5.02 Å². The Hall–Kier alpha value is -1.45. The van der Waals surface area contributed by atoms with E-state index in [0.29, 0.717) is 23.8 Å². The molecule has 156 valence electrons. The van der Waals surface area contributed by atoms with Crippen LogP contribution in [-0.4, -0.2) is 49.7 Å². The third kappa shape index (κ3) is 4.51. The maximum atomic E-state index is 12.8. The van der Waals surface area contributed by atoms with Gasteiger partial charge in [0.15, 0.2) is 0 Å². The van der Waals surface area contributed by atoms with Gasteiger partial charge in [0.05, 0.1) is 22.2 Å². The normalized spacial score (nSPS) is 20.9. The lowest BCUT2D eigenvalue weighted by atomic mass is 10.2. The first-order valence-corrected chi connectivity index (χ1v) is 12.5. The number of nitrogens with one attached hydrogen (secondary N) is 1. The number of carbonyl (C=O) groups is 1. The lowest BCUT2D eigenvalue weighted by Crippen LogP contribution is -2.33. The van der Waals surface area contributed by atoms with Crippen LogP contribution in [0.3, 0.4) is 0 Å². The van der Waals surface area contributed by atoms with Gasteiger partial charge in [-0.25, -0.2) is 8.42 Å². The van der Waals surface area contributed by atoms with E-state index in [1.807, 2.05) is 6.07 Å². The zero-order chi connectivity index (χ0) is 20.4. The van der Waals surface area contributed by atoms with E-state index in [-0.39, 0.29) is 23.4 Å². The fourth-order valence-electron chi connectivity index (χ4n) is 4.03. The third-order valence-electron chi connectivity index (χ3n) is 5.50. The standard InChI is InChI=1S/C20H24ClN3O3S2/c21-16-8-7-15(29(26,27)24-10-1-2-11-24)13-17(16)22-20(25)14-23-9-3-5-18(23)19-6-4-12-28-19/h4,6-8,12-13,18H,1-3,5,9-11,14H2,(H,22,25)/t18-/m1/s1. The molecule has 29 heavy (non-hydrogen) atoms. The van der Waals surface area contributed by atoms with E-state index in [2.05, 4.69) is 21.7 Å². The van der Waals surface area contributed by atoms with E-state index in [1.165, 1.54) is 27.4 Å². The summed E-state index contributed by atoms with van der Waals surface area (Å²) >= 11 is 7.95. The van der Waals surface area contributed by atoms with Gasteiger partial charge in [0.25, 0.3) is 0 Å². The second-order valence-electron chi connectivity index (χ2n) is 7.44. The van der Waals surface area contributed by atoms with Crippen molar-refractivity contribution in [3.63, 3.8) is 0 Å². The van der Waals surface area contributed by atoms with Crippen LogP contribution in [0.25, 0.3) is 0 Å². The molecule has 2 saturated heterocycles. The molecule has 2 aliphatic rings. The molecule has 0 radical (unpaired) electrons. The van der Waals surface area contributed by atoms with E-state index in [0.717, 1.165) is 32.2 Å². The lowest BCUT2D eigenvalue weighted by Gasteiger charge is -2.23. The number of rotatable bonds is 6. The molecular formula is C20H24ClN3O3S2. The van der Waals surface area contributed by atoms with Crippen molar-refractivity contribution in [3.05, 3.63) is 45.6 Å². The van der Waals surface area contributed by atoms with Crippen LogP contribution in [-0.2, 0) is 14.8 Å². The van der Waals surface area contributed by atoms with Gasteiger partial charge in [0.1, 0.15) is 0 Å². The van der Waals surface area contributed by atoms with Crippen molar-refractivity contribution in [2.24, 2.45) is 0 Å². The Bertz CT molecular complexity index is 973. The minimum atomic E-state index is -3.56. The van der Waals surface area contributed by atoms with Crippen LogP contribution < -0.4 is 5.32 Å². The van der Waals surface area contributed by atoms with Gasteiger partial charge in [0, 0.05) is 24.0 Å². The second-order valence-corrected chi connectivity index (χ2v) is 10.8. The molecule has 4 rings (SSSR count). The van der Waals surface area contributed by atoms with Crippen LogP contribution in [0.5, 0.6) is 0 Å². The Morgan fingerprint density at radius 3 is 2.69 bits per heavy atom. The Kier molecular flexibility index (Phi) is 6.27. The van der Waals surface area contributed by atoms with Gasteiger partial charge in [-0.2, -0.15) is 4.31 Å². The van der Waals surface area contributed by atoms with Crippen molar-refractivity contribution in [2.75, 3.05) is 31.5 Å². The van der Waals surface area contributed by atoms with Crippen LogP contribution in [0, 0.1) is 0 Å². The summed E-state index contributed by atoms with van der Waals surface area (Å²) in [6, 6.07) is 8.90. The first kappa shape index (κ1) is 20.8. The van der Waals surface area contributed by atoms with Gasteiger partial charge in [-0.15, -0.1) is 11.3 Å². The molecule has 9 heteroatoms. The van der Waals surface area contributed by atoms with Gasteiger partial charge in [0.2, 0.25) is 15.9 Å². The summed E-state index contributed by atoms with van der Waals surface area (Å²) in [5.74, 6) is -0.189. The van der Waals surface area contributed by atoms with Gasteiger partial charge in [-0.05, 0) is 61.9 Å². The number of benzene rings is 1. The van der Waals surface area contributed by atoms with Gasteiger partial charge in [-0.1, -0.05) is 17.7 Å². The minimum absolute atomic E-state index is 0.164. The molecule has 0 bridgehead atoms. The predicted octanol–water partition coefficient (Wildman–Crippen LogP) is 3.96. The lowest BCUT2D eigenvalue weighted by molar-refractivity contribution is -0.117. The molecule has 2 fully saturated rings. The molecule has 1 aromatic carbocycles. The second kappa shape index (κ2) is 8.73. The van der Waals surface area contributed by atoms with E-state index < -0.39 is 10.0 Å². The number of thiophene rings is 1. The van der Waals surface area contributed by atoms with Crippen molar-refractivity contribution < 1.29 is 13.2 Å². The van der Waals surface area contributed by atoms with Crippen LogP contribution in [0.1, 0.15) is 36.6 Å². The summed E-state index contributed by atoms with van der Waals surface area (Å²) in [7, 11) is -3.56. The molecule has 0 spiro atoms. The van der Waals surface area contributed by atoms with E-state index in [4.69, 9.17) is 11.6 Å². The number of carbonyl (C=O) groups excluding carboxylic acids is 1. The maximum absolute atomic E-state index is 12.8. The van der Waals surface area contributed by atoms with Gasteiger partial charge in [-0.3, -0.25) is 9.69 Å². The average molecular weight is 454 g/mol. The first-order chi connectivity index (χ1) is 13.9. The van der Waals surface area contributed by atoms with Gasteiger partial charge >= 0.3 is 0 Å². The number of amides is 1. The molecule has 1 atom stereocenters.